The molecule has 0 radical (unpaired) electrons. The van der Waals surface area contributed by atoms with E-state index in [1.807, 2.05) is 6.07 Å². The molecule has 3 aromatic rings. The summed E-state index contributed by atoms with van der Waals surface area (Å²) in [4.78, 5) is 0. The van der Waals surface area contributed by atoms with Gasteiger partial charge in [-0.2, -0.15) is 0 Å². The van der Waals surface area contributed by atoms with E-state index in [0.29, 0.717) is 5.75 Å². The first-order chi connectivity index (χ1) is 9.11. The second kappa shape index (κ2) is 4.43. The molecular weight excluding hydrogens is 232 g/mol. The van der Waals surface area contributed by atoms with Crippen LogP contribution in [-0.2, 0) is 0 Å². The Balaban J connectivity index is 2.17. The standard InChI is InChI=1S/C18H16O/c1-12-7-13(2)9-17(8-12)15-3-4-16-11-18(19)6-5-14(16)10-15/h3-11,19H,1-2H3. The molecule has 0 spiro atoms. The monoisotopic (exact) mass is 248 g/mol. The molecule has 0 aliphatic heterocycles. The molecule has 1 heteroatoms. The topological polar surface area (TPSA) is 20.2 Å². The summed E-state index contributed by atoms with van der Waals surface area (Å²) in [6.45, 7) is 4.24. The van der Waals surface area contributed by atoms with Crippen LogP contribution in [0, 0.1) is 13.8 Å². The number of hydrogen-bond acceptors (Lipinski definition) is 1. The van der Waals surface area contributed by atoms with Gasteiger partial charge in [-0.25, -0.2) is 0 Å². The number of rotatable bonds is 1. The maximum absolute atomic E-state index is 9.49. The van der Waals surface area contributed by atoms with Gasteiger partial charge in [0, 0.05) is 0 Å². The number of aryl methyl sites for hydroxylation is 2. The lowest BCUT2D eigenvalue weighted by atomic mass is 9.98. The minimum absolute atomic E-state index is 0.312. The van der Waals surface area contributed by atoms with Crippen molar-refractivity contribution >= 4 is 10.8 Å². The summed E-state index contributed by atoms with van der Waals surface area (Å²) >= 11 is 0. The lowest BCUT2D eigenvalue weighted by Crippen LogP contribution is -1.83. The average Bonchev–Trinajstić information content (AvgIpc) is 2.37. The quantitative estimate of drug-likeness (QED) is 0.654. The van der Waals surface area contributed by atoms with Crippen LogP contribution in [0.4, 0.5) is 0 Å². The Labute approximate surface area is 113 Å². The molecule has 0 amide bonds. The van der Waals surface area contributed by atoms with E-state index in [9.17, 15) is 5.11 Å². The van der Waals surface area contributed by atoms with Crippen LogP contribution in [-0.4, -0.2) is 5.11 Å². The number of phenols is 1. The van der Waals surface area contributed by atoms with Gasteiger partial charge < -0.3 is 5.11 Å². The fourth-order valence-electron chi connectivity index (χ4n) is 2.55. The van der Waals surface area contributed by atoms with Crippen LogP contribution >= 0.6 is 0 Å². The second-order valence-electron chi connectivity index (χ2n) is 5.12. The molecule has 0 aliphatic rings. The number of hydrogen-bond donors (Lipinski definition) is 1. The molecule has 0 saturated carbocycles. The van der Waals surface area contributed by atoms with E-state index in [1.165, 1.54) is 22.3 Å². The maximum atomic E-state index is 9.49. The lowest BCUT2D eigenvalue weighted by Gasteiger charge is -2.07. The third-order valence-electron chi connectivity index (χ3n) is 3.38. The maximum Gasteiger partial charge on any atom is 0.116 e. The van der Waals surface area contributed by atoms with Crippen molar-refractivity contribution in [3.05, 3.63) is 65.7 Å². The SMILES string of the molecule is Cc1cc(C)cc(-c2ccc3cc(O)ccc3c2)c1. The zero-order chi connectivity index (χ0) is 13.4. The van der Waals surface area contributed by atoms with Crippen LogP contribution in [0.25, 0.3) is 21.9 Å². The summed E-state index contributed by atoms with van der Waals surface area (Å²) < 4.78 is 0. The summed E-state index contributed by atoms with van der Waals surface area (Å²) in [5, 5.41) is 11.7. The smallest absolute Gasteiger partial charge is 0.116 e. The normalized spacial score (nSPS) is 10.8. The van der Waals surface area contributed by atoms with Gasteiger partial charge in [0.25, 0.3) is 0 Å². The summed E-state index contributed by atoms with van der Waals surface area (Å²) in [6, 6.07) is 18.4. The molecule has 0 heterocycles. The Morgan fingerprint density at radius 1 is 0.632 bits per heavy atom. The molecule has 19 heavy (non-hydrogen) atoms. The Morgan fingerprint density at radius 2 is 1.26 bits per heavy atom. The van der Waals surface area contributed by atoms with E-state index >= 15 is 0 Å². The molecule has 1 N–H and O–H groups in total. The van der Waals surface area contributed by atoms with E-state index in [2.05, 4.69) is 50.2 Å². The van der Waals surface area contributed by atoms with Crippen molar-refractivity contribution in [2.45, 2.75) is 13.8 Å². The highest BCUT2D eigenvalue weighted by atomic mass is 16.3. The number of benzene rings is 3. The highest BCUT2D eigenvalue weighted by molar-refractivity contribution is 5.88. The van der Waals surface area contributed by atoms with E-state index in [-0.39, 0.29) is 0 Å². The molecule has 0 atom stereocenters. The molecule has 0 saturated heterocycles. The molecule has 0 fully saturated rings. The zero-order valence-corrected chi connectivity index (χ0v) is 11.1. The van der Waals surface area contributed by atoms with Crippen molar-refractivity contribution in [2.75, 3.05) is 0 Å². The first-order valence-electron chi connectivity index (χ1n) is 6.43. The minimum atomic E-state index is 0.312. The largest absolute Gasteiger partial charge is 0.508 e. The van der Waals surface area contributed by atoms with Crippen molar-refractivity contribution in [1.29, 1.82) is 0 Å². The van der Waals surface area contributed by atoms with Gasteiger partial charge in [0.2, 0.25) is 0 Å². The summed E-state index contributed by atoms with van der Waals surface area (Å²) in [7, 11) is 0. The Hall–Kier alpha value is -2.28. The van der Waals surface area contributed by atoms with Gasteiger partial charge >= 0.3 is 0 Å². The van der Waals surface area contributed by atoms with Crippen LogP contribution in [0.2, 0.25) is 0 Å². The van der Waals surface area contributed by atoms with Gasteiger partial charge in [0.05, 0.1) is 0 Å². The highest BCUT2D eigenvalue weighted by Gasteiger charge is 2.02. The number of fused-ring (bicyclic) bond motifs is 1. The van der Waals surface area contributed by atoms with Crippen molar-refractivity contribution in [3.8, 4) is 16.9 Å². The predicted molar refractivity (Wildman–Crippen MR) is 80.5 cm³/mol. The first-order valence-corrected chi connectivity index (χ1v) is 6.43. The van der Waals surface area contributed by atoms with Crippen LogP contribution in [0.5, 0.6) is 5.75 Å². The van der Waals surface area contributed by atoms with Gasteiger partial charge in [0.1, 0.15) is 5.75 Å². The summed E-state index contributed by atoms with van der Waals surface area (Å²) in [6.07, 6.45) is 0. The molecule has 3 aromatic carbocycles. The van der Waals surface area contributed by atoms with E-state index in [1.54, 1.807) is 12.1 Å². The minimum Gasteiger partial charge on any atom is -0.508 e. The molecule has 0 bridgehead atoms. The molecular formula is C18H16O. The molecule has 3 rings (SSSR count). The Kier molecular flexibility index (Phi) is 2.75. The molecule has 0 unspecified atom stereocenters. The summed E-state index contributed by atoms with van der Waals surface area (Å²) in [5.41, 5.74) is 5.01. The summed E-state index contributed by atoms with van der Waals surface area (Å²) in [5.74, 6) is 0.312. The van der Waals surface area contributed by atoms with Gasteiger partial charge in [-0.1, -0.05) is 47.5 Å². The van der Waals surface area contributed by atoms with Crippen LogP contribution in [0.1, 0.15) is 11.1 Å². The molecule has 0 aliphatic carbocycles. The van der Waals surface area contributed by atoms with E-state index < -0.39 is 0 Å². The lowest BCUT2D eigenvalue weighted by molar-refractivity contribution is 0.476. The molecule has 1 nitrogen and oxygen atoms in total. The Bertz CT molecular complexity index is 736. The van der Waals surface area contributed by atoms with Gasteiger partial charge in [0.15, 0.2) is 0 Å². The van der Waals surface area contributed by atoms with E-state index in [0.717, 1.165) is 10.8 Å². The number of aromatic hydroxyl groups is 1. The van der Waals surface area contributed by atoms with Crippen LogP contribution in [0.15, 0.2) is 54.6 Å². The first kappa shape index (κ1) is 11.8. The average molecular weight is 248 g/mol. The van der Waals surface area contributed by atoms with E-state index in [4.69, 9.17) is 0 Å². The van der Waals surface area contributed by atoms with Gasteiger partial charge in [-0.15, -0.1) is 0 Å². The highest BCUT2D eigenvalue weighted by Crippen LogP contribution is 2.27. The van der Waals surface area contributed by atoms with Crippen molar-refractivity contribution < 1.29 is 5.11 Å². The fraction of sp³-hybridized carbons (Fsp3) is 0.111. The molecule has 94 valence electrons. The van der Waals surface area contributed by atoms with Crippen molar-refractivity contribution in [1.82, 2.24) is 0 Å². The second-order valence-corrected chi connectivity index (χ2v) is 5.12. The third-order valence-corrected chi connectivity index (χ3v) is 3.38. The fourth-order valence-corrected chi connectivity index (χ4v) is 2.55. The van der Waals surface area contributed by atoms with Crippen LogP contribution < -0.4 is 0 Å². The zero-order valence-electron chi connectivity index (χ0n) is 11.1. The van der Waals surface area contributed by atoms with Crippen molar-refractivity contribution in [3.63, 3.8) is 0 Å². The Morgan fingerprint density at radius 3 is 2.00 bits per heavy atom. The van der Waals surface area contributed by atoms with Crippen molar-refractivity contribution in [2.24, 2.45) is 0 Å². The molecule has 0 aromatic heterocycles. The van der Waals surface area contributed by atoms with Gasteiger partial charge in [-0.05, 0) is 53.9 Å². The van der Waals surface area contributed by atoms with Gasteiger partial charge in [-0.3, -0.25) is 0 Å². The van der Waals surface area contributed by atoms with Crippen LogP contribution in [0.3, 0.4) is 0 Å². The number of phenolic OH excluding ortho intramolecular Hbond substituents is 1. The predicted octanol–water partition coefficient (Wildman–Crippen LogP) is 4.83. The third kappa shape index (κ3) is 2.32.